The molecule has 2 rings (SSSR count). The first kappa shape index (κ1) is 13.8. The van der Waals surface area contributed by atoms with Crippen LogP contribution in [0.2, 0.25) is 10.3 Å². The molecule has 2 aromatic rings. The number of carbonyl (C=O) groups is 1. The van der Waals surface area contributed by atoms with Crippen LogP contribution in [0.15, 0.2) is 18.5 Å². The molecule has 0 aliphatic carbocycles. The molecule has 0 aliphatic heterocycles. The van der Waals surface area contributed by atoms with Crippen LogP contribution < -0.4 is 0 Å². The smallest absolute Gasteiger partial charge is 0.257 e. The number of aromatic nitrogens is 4. The molecular formula is C11H11Cl2N5O. The van der Waals surface area contributed by atoms with Crippen molar-refractivity contribution < 1.29 is 4.79 Å². The van der Waals surface area contributed by atoms with Crippen LogP contribution in [0.3, 0.4) is 0 Å². The quantitative estimate of drug-likeness (QED) is 0.867. The summed E-state index contributed by atoms with van der Waals surface area (Å²) in [5.41, 5.74) is 0.221. The van der Waals surface area contributed by atoms with Gasteiger partial charge in [0.25, 0.3) is 5.91 Å². The third kappa shape index (κ3) is 3.02. The summed E-state index contributed by atoms with van der Waals surface area (Å²) >= 11 is 11.6. The summed E-state index contributed by atoms with van der Waals surface area (Å²) in [6.45, 7) is 0.360. The number of imidazole rings is 1. The van der Waals surface area contributed by atoms with E-state index in [-0.39, 0.29) is 21.8 Å². The molecule has 1 amide bonds. The lowest BCUT2D eigenvalue weighted by Crippen LogP contribution is -2.28. The molecule has 0 saturated carbocycles. The zero-order chi connectivity index (χ0) is 14.0. The van der Waals surface area contributed by atoms with Gasteiger partial charge in [-0.25, -0.2) is 4.98 Å². The van der Waals surface area contributed by atoms with Gasteiger partial charge >= 0.3 is 0 Å². The maximum atomic E-state index is 12.2. The summed E-state index contributed by atoms with van der Waals surface area (Å²) in [5.74, 6) is 0.477. The van der Waals surface area contributed by atoms with Crippen LogP contribution in [0.25, 0.3) is 0 Å². The molecular weight excluding hydrogens is 289 g/mol. The summed E-state index contributed by atoms with van der Waals surface area (Å²) in [6.07, 6.45) is 3.48. The Balaban J connectivity index is 2.19. The van der Waals surface area contributed by atoms with Crippen LogP contribution in [0.4, 0.5) is 0 Å². The van der Waals surface area contributed by atoms with Crippen LogP contribution in [-0.2, 0) is 13.6 Å². The topological polar surface area (TPSA) is 63.9 Å². The second-order valence-electron chi connectivity index (χ2n) is 3.99. The second kappa shape index (κ2) is 5.54. The average Bonchev–Trinajstić information content (AvgIpc) is 2.77. The van der Waals surface area contributed by atoms with E-state index in [1.165, 1.54) is 11.0 Å². The highest BCUT2D eigenvalue weighted by Crippen LogP contribution is 2.17. The molecule has 0 fully saturated rings. The minimum absolute atomic E-state index is 0.0288. The molecule has 0 bridgehead atoms. The summed E-state index contributed by atoms with van der Waals surface area (Å²) in [4.78, 5) is 17.9. The van der Waals surface area contributed by atoms with Crippen LogP contribution in [0, 0.1) is 0 Å². The fourth-order valence-corrected chi connectivity index (χ4v) is 1.86. The minimum Gasteiger partial charge on any atom is -0.337 e. The Kier molecular flexibility index (Phi) is 4.01. The zero-order valence-electron chi connectivity index (χ0n) is 10.3. The summed E-state index contributed by atoms with van der Waals surface area (Å²) < 4.78 is 1.84. The Morgan fingerprint density at radius 2 is 2.16 bits per heavy atom. The van der Waals surface area contributed by atoms with E-state index in [2.05, 4.69) is 15.2 Å². The Morgan fingerprint density at radius 1 is 1.42 bits per heavy atom. The van der Waals surface area contributed by atoms with Gasteiger partial charge in [-0.3, -0.25) is 4.79 Å². The number of aryl methyl sites for hydroxylation is 1. The molecule has 0 radical (unpaired) electrons. The monoisotopic (exact) mass is 299 g/mol. The lowest BCUT2D eigenvalue weighted by Gasteiger charge is -2.17. The van der Waals surface area contributed by atoms with E-state index in [0.29, 0.717) is 6.54 Å². The molecule has 0 atom stereocenters. The second-order valence-corrected chi connectivity index (χ2v) is 4.73. The normalized spacial score (nSPS) is 10.5. The summed E-state index contributed by atoms with van der Waals surface area (Å²) in [5, 5.41) is 7.33. The van der Waals surface area contributed by atoms with Gasteiger partial charge in [0.15, 0.2) is 10.3 Å². The first-order valence-electron chi connectivity index (χ1n) is 5.39. The van der Waals surface area contributed by atoms with Crippen molar-refractivity contribution in [1.82, 2.24) is 24.6 Å². The Labute approximate surface area is 120 Å². The van der Waals surface area contributed by atoms with Gasteiger partial charge in [-0.1, -0.05) is 23.2 Å². The van der Waals surface area contributed by atoms with Gasteiger partial charge in [-0.15, -0.1) is 10.2 Å². The van der Waals surface area contributed by atoms with Crippen molar-refractivity contribution in [2.45, 2.75) is 6.54 Å². The molecule has 0 spiro atoms. The number of nitrogens with zero attached hydrogens (tertiary/aromatic N) is 5. The number of halogens is 2. The van der Waals surface area contributed by atoms with Crippen LogP contribution >= 0.6 is 23.2 Å². The number of rotatable bonds is 3. The predicted octanol–water partition coefficient (Wildman–Crippen LogP) is 1.79. The molecule has 0 N–H and O–H groups in total. The molecule has 2 aromatic heterocycles. The Morgan fingerprint density at radius 3 is 2.79 bits per heavy atom. The van der Waals surface area contributed by atoms with Gasteiger partial charge in [0.1, 0.15) is 5.82 Å². The highest BCUT2D eigenvalue weighted by molar-refractivity contribution is 6.34. The van der Waals surface area contributed by atoms with Crippen molar-refractivity contribution in [1.29, 1.82) is 0 Å². The number of hydrogen-bond donors (Lipinski definition) is 0. The van der Waals surface area contributed by atoms with Gasteiger partial charge in [0.2, 0.25) is 0 Å². The lowest BCUT2D eigenvalue weighted by molar-refractivity contribution is 0.0780. The molecule has 2 heterocycles. The molecule has 0 saturated heterocycles. The number of hydrogen-bond acceptors (Lipinski definition) is 4. The third-order valence-electron chi connectivity index (χ3n) is 2.60. The van der Waals surface area contributed by atoms with Crippen molar-refractivity contribution in [2.75, 3.05) is 7.05 Å². The van der Waals surface area contributed by atoms with E-state index < -0.39 is 0 Å². The van der Waals surface area contributed by atoms with Gasteiger partial charge < -0.3 is 9.47 Å². The molecule has 19 heavy (non-hydrogen) atoms. The highest BCUT2D eigenvalue weighted by Gasteiger charge is 2.18. The Bertz CT molecular complexity index is 613. The van der Waals surface area contributed by atoms with Crippen LogP contribution in [-0.4, -0.2) is 37.6 Å². The average molecular weight is 300 g/mol. The summed E-state index contributed by atoms with van der Waals surface area (Å²) in [6, 6.07) is 1.40. The van der Waals surface area contributed by atoms with Crippen LogP contribution in [0.5, 0.6) is 0 Å². The first-order valence-corrected chi connectivity index (χ1v) is 6.15. The number of carbonyl (C=O) groups excluding carboxylic acids is 1. The van der Waals surface area contributed by atoms with Crippen LogP contribution in [0.1, 0.15) is 16.2 Å². The van der Waals surface area contributed by atoms with Crippen molar-refractivity contribution in [3.8, 4) is 0 Å². The molecule has 0 aliphatic rings. The van der Waals surface area contributed by atoms with E-state index in [1.807, 2.05) is 17.8 Å². The number of amides is 1. The molecule has 8 heteroatoms. The van der Waals surface area contributed by atoms with Crippen molar-refractivity contribution in [3.63, 3.8) is 0 Å². The van der Waals surface area contributed by atoms with E-state index in [9.17, 15) is 4.79 Å². The van der Waals surface area contributed by atoms with E-state index in [4.69, 9.17) is 23.2 Å². The third-order valence-corrected chi connectivity index (χ3v) is 3.06. The SMILES string of the molecule is CN(Cc1nccn1C)C(=O)c1cc(Cl)nnc1Cl. The Hall–Kier alpha value is -1.66. The van der Waals surface area contributed by atoms with E-state index >= 15 is 0 Å². The van der Waals surface area contributed by atoms with Gasteiger partial charge in [-0.05, 0) is 6.07 Å². The zero-order valence-corrected chi connectivity index (χ0v) is 11.9. The maximum absolute atomic E-state index is 12.2. The van der Waals surface area contributed by atoms with E-state index in [1.54, 1.807) is 13.2 Å². The predicted molar refractivity (Wildman–Crippen MR) is 71.1 cm³/mol. The lowest BCUT2D eigenvalue weighted by atomic mass is 10.2. The van der Waals surface area contributed by atoms with E-state index in [0.717, 1.165) is 5.82 Å². The summed E-state index contributed by atoms with van der Waals surface area (Å²) in [7, 11) is 3.51. The van der Waals surface area contributed by atoms with Gasteiger partial charge in [-0.2, -0.15) is 0 Å². The van der Waals surface area contributed by atoms with Crippen molar-refractivity contribution in [3.05, 3.63) is 40.2 Å². The first-order chi connectivity index (χ1) is 8.99. The maximum Gasteiger partial charge on any atom is 0.257 e. The fraction of sp³-hybridized carbons (Fsp3) is 0.273. The molecule has 6 nitrogen and oxygen atoms in total. The van der Waals surface area contributed by atoms with Gasteiger partial charge in [0.05, 0.1) is 12.1 Å². The van der Waals surface area contributed by atoms with Gasteiger partial charge in [0, 0.05) is 26.5 Å². The highest BCUT2D eigenvalue weighted by atomic mass is 35.5. The molecule has 0 unspecified atom stereocenters. The molecule has 100 valence electrons. The standard InChI is InChI=1S/C11H11Cl2N5O/c1-17-4-3-14-9(17)6-18(2)11(19)7-5-8(12)15-16-10(7)13/h3-5H,6H2,1-2H3. The van der Waals surface area contributed by atoms with Crippen molar-refractivity contribution >= 4 is 29.1 Å². The largest absolute Gasteiger partial charge is 0.337 e. The minimum atomic E-state index is -0.287. The molecule has 0 aromatic carbocycles. The fourth-order valence-electron chi connectivity index (χ4n) is 1.54. The van der Waals surface area contributed by atoms with Crippen molar-refractivity contribution in [2.24, 2.45) is 7.05 Å².